The Morgan fingerprint density at radius 2 is 1.69 bits per heavy atom. The first-order valence-electron chi connectivity index (χ1n) is 8.79. The van der Waals surface area contributed by atoms with Crippen molar-refractivity contribution in [2.24, 2.45) is 0 Å². The van der Waals surface area contributed by atoms with Gasteiger partial charge in [-0.1, -0.05) is 40.9 Å². The molecule has 1 saturated heterocycles. The van der Waals surface area contributed by atoms with Crippen molar-refractivity contribution in [3.8, 4) is 0 Å². The molecule has 0 radical (unpaired) electrons. The van der Waals surface area contributed by atoms with Crippen molar-refractivity contribution >= 4 is 61.6 Å². The van der Waals surface area contributed by atoms with Gasteiger partial charge >= 0.3 is 0 Å². The van der Waals surface area contributed by atoms with Gasteiger partial charge in [-0.2, -0.15) is 4.31 Å². The summed E-state index contributed by atoms with van der Waals surface area (Å²) < 4.78 is 27.2. The first kappa shape index (κ1) is 20.5. The molecular formula is C19H16Cl3N3O3S. The van der Waals surface area contributed by atoms with Crippen LogP contribution in [0.15, 0.2) is 47.4 Å². The lowest BCUT2D eigenvalue weighted by Gasteiger charge is -2.34. The highest BCUT2D eigenvalue weighted by atomic mass is 35.5. The van der Waals surface area contributed by atoms with Crippen LogP contribution in [-0.2, 0) is 10.0 Å². The number of aromatic amines is 1. The number of hydrogen-bond acceptors (Lipinski definition) is 3. The molecule has 0 unspecified atom stereocenters. The lowest BCUT2D eigenvalue weighted by Crippen LogP contribution is -2.50. The molecule has 0 spiro atoms. The van der Waals surface area contributed by atoms with Crippen LogP contribution in [0.1, 0.15) is 10.5 Å². The maximum absolute atomic E-state index is 12.9. The number of benzene rings is 2. The Balaban J connectivity index is 1.49. The second-order valence-corrected chi connectivity index (χ2v) is 9.79. The monoisotopic (exact) mass is 471 g/mol. The minimum absolute atomic E-state index is 0.00408. The molecule has 3 aromatic rings. The average Bonchev–Trinajstić information content (AvgIpc) is 3.12. The molecule has 0 saturated carbocycles. The predicted molar refractivity (Wildman–Crippen MR) is 114 cm³/mol. The molecule has 0 aliphatic carbocycles. The Bertz CT molecular complexity index is 1200. The summed E-state index contributed by atoms with van der Waals surface area (Å²) in [5, 5.41) is 1.62. The summed E-state index contributed by atoms with van der Waals surface area (Å²) in [7, 11) is -3.80. The number of carbonyl (C=O) groups excluding carboxylic acids is 1. The number of halogens is 3. The number of aromatic nitrogens is 1. The topological polar surface area (TPSA) is 73.5 Å². The van der Waals surface area contributed by atoms with Gasteiger partial charge in [-0.3, -0.25) is 4.79 Å². The van der Waals surface area contributed by atoms with Crippen LogP contribution in [0.4, 0.5) is 0 Å². The Morgan fingerprint density at radius 1 is 0.966 bits per heavy atom. The van der Waals surface area contributed by atoms with Gasteiger partial charge < -0.3 is 9.88 Å². The number of sulfonamides is 1. The zero-order valence-corrected chi connectivity index (χ0v) is 18.1. The highest BCUT2D eigenvalue weighted by Crippen LogP contribution is 2.31. The number of H-pyrrole nitrogens is 1. The Morgan fingerprint density at radius 3 is 2.41 bits per heavy atom. The highest BCUT2D eigenvalue weighted by molar-refractivity contribution is 7.89. The molecule has 0 atom stereocenters. The number of amides is 1. The third kappa shape index (κ3) is 3.85. The van der Waals surface area contributed by atoms with Crippen LogP contribution in [0, 0.1) is 0 Å². The van der Waals surface area contributed by atoms with Crippen molar-refractivity contribution in [1.82, 2.24) is 14.2 Å². The van der Waals surface area contributed by atoms with Crippen molar-refractivity contribution in [1.29, 1.82) is 0 Å². The summed E-state index contributed by atoms with van der Waals surface area (Å²) >= 11 is 18.0. The van der Waals surface area contributed by atoms with E-state index in [0.717, 1.165) is 10.9 Å². The smallest absolute Gasteiger partial charge is 0.270 e. The summed E-state index contributed by atoms with van der Waals surface area (Å²) in [5.74, 6) is -0.185. The van der Waals surface area contributed by atoms with Gasteiger partial charge in [0.15, 0.2) is 0 Å². The van der Waals surface area contributed by atoms with Crippen molar-refractivity contribution in [3.05, 3.63) is 63.2 Å². The molecule has 1 aliphatic heterocycles. The van der Waals surface area contributed by atoms with Gasteiger partial charge in [0.1, 0.15) is 10.6 Å². The normalized spacial score (nSPS) is 15.8. The van der Waals surface area contributed by atoms with E-state index in [1.807, 2.05) is 6.07 Å². The lowest BCUT2D eigenvalue weighted by atomic mass is 10.2. The summed E-state index contributed by atoms with van der Waals surface area (Å²) in [6.45, 7) is 0.880. The van der Waals surface area contributed by atoms with E-state index in [4.69, 9.17) is 34.8 Å². The van der Waals surface area contributed by atoms with Gasteiger partial charge in [0.05, 0.1) is 10.0 Å². The van der Waals surface area contributed by atoms with Crippen molar-refractivity contribution in [2.45, 2.75) is 4.90 Å². The van der Waals surface area contributed by atoms with E-state index in [1.54, 1.807) is 29.2 Å². The number of piperazine rings is 1. The van der Waals surface area contributed by atoms with E-state index in [-0.39, 0.29) is 47.0 Å². The lowest BCUT2D eigenvalue weighted by molar-refractivity contribution is 0.0693. The molecule has 2 heterocycles. The fourth-order valence-electron chi connectivity index (χ4n) is 3.34. The second-order valence-electron chi connectivity index (χ2n) is 6.66. The van der Waals surface area contributed by atoms with Gasteiger partial charge in [-0.25, -0.2) is 8.42 Å². The number of carbonyl (C=O) groups is 1. The Hall–Kier alpha value is -1.77. The van der Waals surface area contributed by atoms with Crippen molar-refractivity contribution in [3.63, 3.8) is 0 Å². The van der Waals surface area contributed by atoms with E-state index in [0.29, 0.717) is 10.7 Å². The number of fused-ring (bicyclic) bond motifs is 1. The largest absolute Gasteiger partial charge is 0.351 e. The van der Waals surface area contributed by atoms with Crippen LogP contribution in [0.5, 0.6) is 0 Å². The molecule has 1 amide bonds. The van der Waals surface area contributed by atoms with Gasteiger partial charge in [0, 0.05) is 42.1 Å². The van der Waals surface area contributed by atoms with Gasteiger partial charge in [0.25, 0.3) is 5.91 Å². The minimum Gasteiger partial charge on any atom is -0.351 e. The fourth-order valence-corrected chi connectivity index (χ4v) is 5.68. The molecule has 6 nitrogen and oxygen atoms in total. The van der Waals surface area contributed by atoms with Gasteiger partial charge in [0.2, 0.25) is 10.0 Å². The molecule has 1 fully saturated rings. The van der Waals surface area contributed by atoms with Crippen molar-refractivity contribution < 1.29 is 13.2 Å². The minimum atomic E-state index is -3.80. The number of rotatable bonds is 3. The van der Waals surface area contributed by atoms with Gasteiger partial charge in [-0.15, -0.1) is 0 Å². The first-order chi connectivity index (χ1) is 13.8. The summed E-state index contributed by atoms with van der Waals surface area (Å²) in [6.07, 6.45) is 0. The summed E-state index contributed by atoms with van der Waals surface area (Å²) in [6, 6.07) is 11.6. The van der Waals surface area contributed by atoms with E-state index in [2.05, 4.69) is 4.98 Å². The fraction of sp³-hybridized carbons (Fsp3) is 0.211. The molecule has 2 aromatic carbocycles. The number of nitrogens with zero attached hydrogens (tertiary/aromatic N) is 2. The van der Waals surface area contributed by atoms with E-state index in [9.17, 15) is 13.2 Å². The summed E-state index contributed by atoms with van der Waals surface area (Å²) in [4.78, 5) is 17.5. The highest BCUT2D eigenvalue weighted by Gasteiger charge is 2.32. The molecular weight excluding hydrogens is 457 g/mol. The maximum atomic E-state index is 12.9. The molecule has 10 heteroatoms. The Labute approximate surface area is 183 Å². The first-order valence-corrected chi connectivity index (χ1v) is 11.4. The molecule has 1 aromatic heterocycles. The molecule has 0 bridgehead atoms. The molecule has 1 N–H and O–H groups in total. The molecule has 4 rings (SSSR count). The van der Waals surface area contributed by atoms with Crippen LogP contribution in [0.25, 0.3) is 10.9 Å². The Kier molecular flexibility index (Phi) is 5.52. The third-order valence-corrected chi connectivity index (χ3v) is 7.98. The van der Waals surface area contributed by atoms with E-state index >= 15 is 0 Å². The SMILES string of the molecule is O=C(c1cc2cc(Cl)ccc2[nH]1)N1CCN(S(=O)(=O)c2cccc(Cl)c2Cl)CC1. The van der Waals surface area contributed by atoms with Crippen LogP contribution >= 0.6 is 34.8 Å². The predicted octanol–water partition coefficient (Wildman–Crippen LogP) is 4.27. The average molecular weight is 473 g/mol. The van der Waals surface area contributed by atoms with Crippen LogP contribution < -0.4 is 0 Å². The third-order valence-electron chi connectivity index (χ3n) is 4.87. The summed E-state index contributed by atoms with van der Waals surface area (Å²) in [5.41, 5.74) is 1.26. The number of hydrogen-bond donors (Lipinski definition) is 1. The van der Waals surface area contributed by atoms with Crippen LogP contribution in [0.3, 0.4) is 0 Å². The zero-order valence-electron chi connectivity index (χ0n) is 15.0. The number of nitrogens with one attached hydrogen (secondary N) is 1. The van der Waals surface area contributed by atoms with E-state index in [1.165, 1.54) is 16.4 Å². The molecule has 152 valence electrons. The molecule has 29 heavy (non-hydrogen) atoms. The van der Waals surface area contributed by atoms with Crippen LogP contribution in [-0.4, -0.2) is 54.7 Å². The second kappa shape index (κ2) is 7.81. The zero-order chi connectivity index (χ0) is 20.8. The maximum Gasteiger partial charge on any atom is 0.270 e. The van der Waals surface area contributed by atoms with Gasteiger partial charge in [-0.05, 0) is 36.4 Å². The molecule has 1 aliphatic rings. The van der Waals surface area contributed by atoms with E-state index < -0.39 is 10.0 Å². The quantitative estimate of drug-likeness (QED) is 0.618. The van der Waals surface area contributed by atoms with Crippen molar-refractivity contribution in [2.75, 3.05) is 26.2 Å². The standard InChI is InChI=1S/C19H16Cl3N3O3S/c20-13-4-5-15-12(10-13)11-16(23-15)19(26)24-6-8-25(9-7-24)29(27,28)17-3-1-2-14(21)18(17)22/h1-5,10-11,23H,6-9H2. The van der Waals surface area contributed by atoms with Crippen LogP contribution in [0.2, 0.25) is 15.1 Å².